The van der Waals surface area contributed by atoms with E-state index in [1.165, 1.54) is 24.4 Å². The zero-order chi connectivity index (χ0) is 18.8. The summed E-state index contributed by atoms with van der Waals surface area (Å²) >= 11 is 0. The molecule has 26 heavy (non-hydrogen) atoms. The predicted molar refractivity (Wildman–Crippen MR) is 95.0 cm³/mol. The molecule has 0 saturated carbocycles. The van der Waals surface area contributed by atoms with Gasteiger partial charge in [0.25, 0.3) is 5.91 Å². The average molecular weight is 353 g/mol. The summed E-state index contributed by atoms with van der Waals surface area (Å²) in [7, 11) is 0. The fraction of sp³-hybridized carbons (Fsp3) is 0.158. The molecule has 2 aromatic carbocycles. The van der Waals surface area contributed by atoms with Crippen molar-refractivity contribution in [2.24, 2.45) is 10.9 Å². The molecule has 7 heteroatoms. The van der Waals surface area contributed by atoms with E-state index in [9.17, 15) is 18.8 Å². The number of benzene rings is 2. The van der Waals surface area contributed by atoms with Crippen molar-refractivity contribution in [3.05, 3.63) is 59.4 Å². The summed E-state index contributed by atoms with van der Waals surface area (Å²) in [5.41, 5.74) is 2.46. The number of halogens is 1. The first kappa shape index (κ1) is 17.5. The van der Waals surface area contributed by atoms with Crippen molar-refractivity contribution in [3.8, 4) is 0 Å². The molecule has 0 radical (unpaired) electrons. The number of carbonyl (C=O) groups is 3. The maximum absolute atomic E-state index is 14.0. The first-order chi connectivity index (χ1) is 12.4. The van der Waals surface area contributed by atoms with Crippen LogP contribution in [-0.4, -0.2) is 24.1 Å². The Hall–Kier alpha value is -3.35. The van der Waals surface area contributed by atoms with E-state index in [-0.39, 0.29) is 5.69 Å². The standard InChI is InChI=1S/C19H16FN3O3/c1-11-7-8-13(9-12(11)2)21-10-14-17(24)22-19(26)23(18(14)25)16-6-4-3-5-15(16)20/h3-10,14H,1-2H3,(H,22,24,26)/t14-/m1/s1. The third-order valence-corrected chi connectivity index (χ3v) is 4.16. The van der Waals surface area contributed by atoms with E-state index in [1.54, 1.807) is 6.07 Å². The number of anilines is 1. The lowest BCUT2D eigenvalue weighted by molar-refractivity contribution is -0.131. The minimum atomic E-state index is -1.33. The Balaban J connectivity index is 1.91. The van der Waals surface area contributed by atoms with Gasteiger partial charge in [0.2, 0.25) is 5.91 Å². The lowest BCUT2D eigenvalue weighted by atomic mass is 10.1. The highest BCUT2D eigenvalue weighted by Gasteiger charge is 2.41. The molecular formula is C19H16FN3O3. The van der Waals surface area contributed by atoms with Crippen LogP contribution >= 0.6 is 0 Å². The lowest BCUT2D eigenvalue weighted by Gasteiger charge is -2.28. The number of aryl methyl sites for hydroxylation is 2. The quantitative estimate of drug-likeness (QED) is 0.680. The zero-order valence-electron chi connectivity index (χ0n) is 14.2. The fourth-order valence-corrected chi connectivity index (χ4v) is 2.55. The van der Waals surface area contributed by atoms with Crippen LogP contribution in [0.5, 0.6) is 0 Å². The maximum Gasteiger partial charge on any atom is 0.335 e. The zero-order valence-corrected chi connectivity index (χ0v) is 14.2. The maximum atomic E-state index is 14.0. The molecule has 1 heterocycles. The molecule has 1 N–H and O–H groups in total. The number of urea groups is 1. The van der Waals surface area contributed by atoms with Gasteiger partial charge in [-0.1, -0.05) is 18.2 Å². The number of carbonyl (C=O) groups excluding carboxylic acids is 3. The Morgan fingerprint density at radius 1 is 1.08 bits per heavy atom. The minimum absolute atomic E-state index is 0.216. The number of para-hydroxylation sites is 1. The van der Waals surface area contributed by atoms with Crippen LogP contribution in [0.25, 0.3) is 0 Å². The van der Waals surface area contributed by atoms with E-state index < -0.39 is 29.6 Å². The summed E-state index contributed by atoms with van der Waals surface area (Å²) in [5, 5.41) is 2.06. The highest BCUT2D eigenvalue weighted by molar-refractivity contribution is 6.32. The normalized spacial score (nSPS) is 17.7. The molecule has 1 aliphatic heterocycles. The lowest BCUT2D eigenvalue weighted by Crippen LogP contribution is -2.58. The van der Waals surface area contributed by atoms with Gasteiger partial charge < -0.3 is 0 Å². The number of imide groups is 2. The summed E-state index contributed by atoms with van der Waals surface area (Å²) in [6.45, 7) is 3.88. The molecule has 0 bridgehead atoms. The van der Waals surface area contributed by atoms with Crippen LogP contribution in [0.15, 0.2) is 47.5 Å². The third kappa shape index (κ3) is 3.23. The molecular weight excluding hydrogens is 337 g/mol. The molecule has 6 nitrogen and oxygen atoms in total. The number of hydrogen-bond acceptors (Lipinski definition) is 4. The van der Waals surface area contributed by atoms with Crippen LogP contribution in [0, 0.1) is 25.6 Å². The van der Waals surface area contributed by atoms with Gasteiger partial charge >= 0.3 is 6.03 Å². The Kier molecular flexibility index (Phi) is 4.62. The van der Waals surface area contributed by atoms with Crippen LogP contribution < -0.4 is 10.2 Å². The second-order valence-electron chi connectivity index (χ2n) is 5.94. The van der Waals surface area contributed by atoms with Crippen molar-refractivity contribution in [1.82, 2.24) is 5.32 Å². The van der Waals surface area contributed by atoms with E-state index in [0.717, 1.165) is 17.2 Å². The Morgan fingerprint density at radius 2 is 1.81 bits per heavy atom. The summed E-state index contributed by atoms with van der Waals surface area (Å²) in [5.74, 6) is -3.71. The molecule has 1 aliphatic rings. The van der Waals surface area contributed by atoms with Crippen LogP contribution in [0.4, 0.5) is 20.6 Å². The molecule has 0 aromatic heterocycles. The van der Waals surface area contributed by atoms with Crippen molar-refractivity contribution in [2.75, 3.05) is 4.90 Å². The highest BCUT2D eigenvalue weighted by atomic mass is 19.1. The number of barbiturate groups is 1. The van der Waals surface area contributed by atoms with Gasteiger partial charge in [0.05, 0.1) is 11.4 Å². The van der Waals surface area contributed by atoms with Gasteiger partial charge in [-0.2, -0.15) is 0 Å². The smallest absolute Gasteiger partial charge is 0.276 e. The largest absolute Gasteiger partial charge is 0.335 e. The van der Waals surface area contributed by atoms with Gasteiger partial charge in [-0.3, -0.25) is 19.9 Å². The van der Waals surface area contributed by atoms with Gasteiger partial charge in [-0.25, -0.2) is 14.1 Å². The minimum Gasteiger partial charge on any atom is -0.276 e. The molecule has 1 fully saturated rings. The Labute approximate surface area is 149 Å². The van der Waals surface area contributed by atoms with Crippen molar-refractivity contribution in [1.29, 1.82) is 0 Å². The van der Waals surface area contributed by atoms with Crippen molar-refractivity contribution < 1.29 is 18.8 Å². The van der Waals surface area contributed by atoms with Gasteiger partial charge in [0.1, 0.15) is 5.82 Å². The van der Waals surface area contributed by atoms with Crippen LogP contribution in [0.2, 0.25) is 0 Å². The molecule has 1 atom stereocenters. The van der Waals surface area contributed by atoms with Crippen LogP contribution in [-0.2, 0) is 9.59 Å². The molecule has 3 rings (SSSR count). The second kappa shape index (κ2) is 6.87. The molecule has 1 saturated heterocycles. The Morgan fingerprint density at radius 3 is 2.50 bits per heavy atom. The monoisotopic (exact) mass is 353 g/mol. The number of aliphatic imine (C=N–C) groups is 1. The molecule has 132 valence electrons. The SMILES string of the molecule is Cc1ccc(N=C[C@@H]2C(=O)NC(=O)N(c3ccccc3F)C2=O)cc1C. The molecule has 2 aromatic rings. The van der Waals surface area contributed by atoms with Crippen molar-refractivity contribution >= 4 is 35.4 Å². The highest BCUT2D eigenvalue weighted by Crippen LogP contribution is 2.24. The van der Waals surface area contributed by atoms with E-state index in [2.05, 4.69) is 10.3 Å². The van der Waals surface area contributed by atoms with E-state index in [0.29, 0.717) is 10.6 Å². The van der Waals surface area contributed by atoms with E-state index in [4.69, 9.17) is 0 Å². The number of nitrogens with one attached hydrogen (secondary N) is 1. The van der Waals surface area contributed by atoms with Crippen LogP contribution in [0.1, 0.15) is 11.1 Å². The first-order valence-corrected chi connectivity index (χ1v) is 7.93. The Bertz CT molecular complexity index is 939. The predicted octanol–water partition coefficient (Wildman–Crippen LogP) is 3.04. The summed E-state index contributed by atoms with van der Waals surface area (Å²) in [6, 6.07) is 9.81. The van der Waals surface area contributed by atoms with Gasteiger partial charge in [-0.15, -0.1) is 0 Å². The average Bonchev–Trinajstić information content (AvgIpc) is 2.59. The number of amides is 4. The van der Waals surface area contributed by atoms with Gasteiger partial charge in [0, 0.05) is 6.21 Å². The molecule has 0 spiro atoms. The number of rotatable bonds is 3. The van der Waals surface area contributed by atoms with E-state index >= 15 is 0 Å². The van der Waals surface area contributed by atoms with E-state index in [1.807, 2.05) is 26.0 Å². The topological polar surface area (TPSA) is 78.8 Å². The fourth-order valence-electron chi connectivity index (χ4n) is 2.55. The van der Waals surface area contributed by atoms with Crippen molar-refractivity contribution in [3.63, 3.8) is 0 Å². The number of hydrogen-bond donors (Lipinski definition) is 1. The van der Waals surface area contributed by atoms with Crippen LogP contribution in [0.3, 0.4) is 0 Å². The molecule has 0 unspecified atom stereocenters. The summed E-state index contributed by atoms with van der Waals surface area (Å²) < 4.78 is 14.0. The summed E-state index contributed by atoms with van der Waals surface area (Å²) in [4.78, 5) is 41.5. The third-order valence-electron chi connectivity index (χ3n) is 4.16. The first-order valence-electron chi connectivity index (χ1n) is 7.93. The molecule has 0 aliphatic carbocycles. The van der Waals surface area contributed by atoms with Gasteiger partial charge in [0.15, 0.2) is 5.92 Å². The number of nitrogens with zero attached hydrogens (tertiary/aromatic N) is 2. The van der Waals surface area contributed by atoms with Gasteiger partial charge in [-0.05, 0) is 49.2 Å². The summed E-state index contributed by atoms with van der Waals surface area (Å²) in [6.07, 6.45) is 1.17. The molecule has 4 amide bonds. The van der Waals surface area contributed by atoms with Crippen molar-refractivity contribution in [2.45, 2.75) is 13.8 Å². The second-order valence-corrected chi connectivity index (χ2v) is 5.94.